The molecule has 1 fully saturated rings. The van der Waals surface area contributed by atoms with Crippen molar-refractivity contribution >= 4 is 38.9 Å². The van der Waals surface area contributed by atoms with Gasteiger partial charge in [0.25, 0.3) is 0 Å². The van der Waals surface area contributed by atoms with E-state index in [1.807, 2.05) is 0 Å². The number of anilines is 1. The van der Waals surface area contributed by atoms with Gasteiger partial charge in [-0.25, -0.2) is 27.7 Å². The summed E-state index contributed by atoms with van der Waals surface area (Å²) in [6.45, 7) is 0.941. The number of sulfonamides is 1. The standard InChI is InChI=1S/C17H22ClF3N6O2S2/c1-26(2)9-12-24-15(17(19,20)21)14(30-12)13-11(18)8-22-16(25-13)23-10-4-6-27(7-5-10)31(3,28)29/h8,10H,4-7,9H2,1-3H3,(H,22,23,25). The number of nitrogens with zero attached hydrogens (tertiary/aromatic N) is 5. The molecule has 0 saturated carbocycles. The monoisotopic (exact) mass is 498 g/mol. The molecule has 0 bridgehead atoms. The van der Waals surface area contributed by atoms with Crippen LogP contribution in [0.2, 0.25) is 5.02 Å². The Hall–Kier alpha value is -1.54. The zero-order valence-electron chi connectivity index (χ0n) is 17.1. The number of piperidine rings is 1. The number of hydrogen-bond donors (Lipinski definition) is 1. The van der Waals surface area contributed by atoms with E-state index >= 15 is 0 Å². The maximum Gasteiger partial charge on any atom is 0.434 e. The van der Waals surface area contributed by atoms with E-state index in [0.717, 1.165) is 17.6 Å². The molecule has 0 aromatic carbocycles. The van der Waals surface area contributed by atoms with Gasteiger partial charge in [0.2, 0.25) is 16.0 Å². The third-order valence-electron chi connectivity index (χ3n) is 4.61. The first-order chi connectivity index (χ1) is 14.3. The molecule has 3 rings (SSSR count). The van der Waals surface area contributed by atoms with Crippen molar-refractivity contribution in [3.05, 3.63) is 21.9 Å². The van der Waals surface area contributed by atoms with Crippen LogP contribution in [0.5, 0.6) is 0 Å². The Kier molecular flexibility index (Phi) is 7.11. The Bertz CT molecular complexity index is 1040. The number of thiazole rings is 1. The van der Waals surface area contributed by atoms with Gasteiger partial charge in [0.1, 0.15) is 10.7 Å². The minimum absolute atomic E-state index is 0.0111. The SMILES string of the molecule is CN(C)Cc1nc(C(F)(F)F)c(-c2nc(NC3CCN(S(C)(=O)=O)CC3)ncc2Cl)s1. The maximum absolute atomic E-state index is 13.6. The molecule has 1 aliphatic rings. The molecule has 2 aromatic heterocycles. The topological polar surface area (TPSA) is 91.3 Å². The Balaban J connectivity index is 1.86. The van der Waals surface area contributed by atoms with Gasteiger partial charge in [-0.05, 0) is 26.9 Å². The molecule has 1 saturated heterocycles. The molecule has 14 heteroatoms. The van der Waals surface area contributed by atoms with E-state index in [-0.39, 0.29) is 34.1 Å². The van der Waals surface area contributed by atoms with Gasteiger partial charge in [0.15, 0.2) is 5.69 Å². The van der Waals surface area contributed by atoms with E-state index in [2.05, 4.69) is 20.3 Å². The van der Waals surface area contributed by atoms with E-state index in [4.69, 9.17) is 11.6 Å². The number of nitrogens with one attached hydrogen (secondary N) is 1. The summed E-state index contributed by atoms with van der Waals surface area (Å²) in [4.78, 5) is 13.7. The van der Waals surface area contributed by atoms with Gasteiger partial charge in [-0.2, -0.15) is 13.2 Å². The lowest BCUT2D eigenvalue weighted by molar-refractivity contribution is -0.140. The normalized spacial score (nSPS) is 16.8. The Morgan fingerprint density at radius 3 is 2.48 bits per heavy atom. The van der Waals surface area contributed by atoms with Gasteiger partial charge >= 0.3 is 6.18 Å². The van der Waals surface area contributed by atoms with Crippen LogP contribution >= 0.6 is 22.9 Å². The zero-order valence-corrected chi connectivity index (χ0v) is 19.5. The van der Waals surface area contributed by atoms with Crippen molar-refractivity contribution in [2.75, 3.05) is 38.8 Å². The fourth-order valence-corrected chi connectivity index (χ4v) is 5.49. The Morgan fingerprint density at radius 1 is 1.29 bits per heavy atom. The van der Waals surface area contributed by atoms with Crippen LogP contribution in [0.1, 0.15) is 23.5 Å². The van der Waals surface area contributed by atoms with Gasteiger partial charge < -0.3 is 10.2 Å². The van der Waals surface area contributed by atoms with Crippen LogP contribution in [0.4, 0.5) is 19.1 Å². The van der Waals surface area contributed by atoms with Crippen molar-refractivity contribution < 1.29 is 21.6 Å². The summed E-state index contributed by atoms with van der Waals surface area (Å²) in [7, 11) is 0.224. The third-order valence-corrected chi connectivity index (χ3v) is 7.23. The van der Waals surface area contributed by atoms with Crippen LogP contribution < -0.4 is 5.32 Å². The van der Waals surface area contributed by atoms with Crippen molar-refractivity contribution in [1.29, 1.82) is 0 Å². The molecule has 1 aliphatic heterocycles. The molecule has 0 atom stereocenters. The Labute approximate surface area is 187 Å². The second kappa shape index (κ2) is 9.14. The number of rotatable bonds is 6. The van der Waals surface area contributed by atoms with E-state index in [0.29, 0.717) is 30.9 Å². The highest BCUT2D eigenvalue weighted by Gasteiger charge is 2.39. The summed E-state index contributed by atoms with van der Waals surface area (Å²) >= 11 is 7.05. The molecule has 1 N–H and O–H groups in total. The molecule has 31 heavy (non-hydrogen) atoms. The number of aromatic nitrogens is 3. The van der Waals surface area contributed by atoms with Crippen LogP contribution in [0.3, 0.4) is 0 Å². The molecular weight excluding hydrogens is 477 g/mol. The van der Waals surface area contributed by atoms with Gasteiger partial charge in [0.05, 0.1) is 22.4 Å². The zero-order chi connectivity index (χ0) is 23.0. The fraction of sp³-hybridized carbons (Fsp3) is 0.588. The molecule has 3 heterocycles. The lowest BCUT2D eigenvalue weighted by Gasteiger charge is -2.30. The molecule has 0 amide bonds. The molecule has 0 unspecified atom stereocenters. The fourth-order valence-electron chi connectivity index (χ4n) is 3.17. The average molecular weight is 499 g/mol. The highest BCUT2D eigenvalue weighted by atomic mass is 35.5. The Morgan fingerprint density at radius 2 is 1.94 bits per heavy atom. The van der Waals surface area contributed by atoms with Crippen LogP contribution in [0.15, 0.2) is 6.20 Å². The summed E-state index contributed by atoms with van der Waals surface area (Å²) in [6, 6.07) is -0.111. The second-order valence-electron chi connectivity index (χ2n) is 7.49. The lowest BCUT2D eigenvalue weighted by atomic mass is 10.1. The smallest absolute Gasteiger partial charge is 0.351 e. The highest BCUT2D eigenvalue weighted by Crippen LogP contribution is 2.42. The van der Waals surface area contributed by atoms with E-state index in [1.165, 1.54) is 10.5 Å². The summed E-state index contributed by atoms with van der Waals surface area (Å²) in [5, 5.41) is 3.36. The van der Waals surface area contributed by atoms with Gasteiger partial charge in [-0.1, -0.05) is 11.6 Å². The lowest BCUT2D eigenvalue weighted by Crippen LogP contribution is -2.42. The van der Waals surface area contributed by atoms with Crippen LogP contribution in [0.25, 0.3) is 10.6 Å². The van der Waals surface area contributed by atoms with E-state index < -0.39 is 21.9 Å². The number of hydrogen-bond acceptors (Lipinski definition) is 8. The van der Waals surface area contributed by atoms with E-state index in [9.17, 15) is 21.6 Å². The molecule has 2 aromatic rings. The highest BCUT2D eigenvalue weighted by molar-refractivity contribution is 7.88. The van der Waals surface area contributed by atoms with Crippen molar-refractivity contribution in [3.63, 3.8) is 0 Å². The predicted octanol–water partition coefficient (Wildman–Crippen LogP) is 3.17. The number of alkyl halides is 3. The second-order valence-corrected chi connectivity index (χ2v) is 11.0. The van der Waals surface area contributed by atoms with E-state index in [1.54, 1.807) is 19.0 Å². The number of halogens is 4. The van der Waals surface area contributed by atoms with Crippen LogP contribution in [-0.2, 0) is 22.7 Å². The van der Waals surface area contributed by atoms with Crippen molar-refractivity contribution in [2.24, 2.45) is 0 Å². The summed E-state index contributed by atoms with van der Waals surface area (Å²) in [5.41, 5.74) is -1.06. The molecule has 8 nitrogen and oxygen atoms in total. The molecule has 0 spiro atoms. The first-order valence-corrected chi connectivity index (χ1v) is 12.3. The van der Waals surface area contributed by atoms with Gasteiger partial charge in [-0.3, -0.25) is 0 Å². The molecule has 0 radical (unpaired) electrons. The predicted molar refractivity (Wildman–Crippen MR) is 114 cm³/mol. The van der Waals surface area contributed by atoms with Crippen LogP contribution in [0, 0.1) is 0 Å². The quantitative estimate of drug-likeness (QED) is 0.654. The minimum Gasteiger partial charge on any atom is -0.351 e. The largest absolute Gasteiger partial charge is 0.434 e. The molecule has 0 aliphatic carbocycles. The average Bonchev–Trinajstić information content (AvgIpc) is 3.06. The van der Waals surface area contributed by atoms with Gasteiger partial charge in [0, 0.05) is 25.7 Å². The third kappa shape index (κ3) is 6.04. The van der Waals surface area contributed by atoms with Crippen LogP contribution in [-0.4, -0.2) is 72.1 Å². The summed E-state index contributed by atoms with van der Waals surface area (Å²) in [5.74, 6) is 0.132. The van der Waals surface area contributed by atoms with Crippen molar-refractivity contribution in [2.45, 2.75) is 31.6 Å². The first-order valence-electron chi connectivity index (χ1n) is 9.31. The van der Waals surface area contributed by atoms with Crippen molar-refractivity contribution in [3.8, 4) is 10.6 Å². The van der Waals surface area contributed by atoms with Crippen molar-refractivity contribution in [1.82, 2.24) is 24.2 Å². The molecule has 172 valence electrons. The first kappa shape index (κ1) is 24.1. The summed E-state index contributed by atoms with van der Waals surface area (Å²) < 4.78 is 65.5. The van der Waals surface area contributed by atoms with Gasteiger partial charge in [-0.15, -0.1) is 11.3 Å². The maximum atomic E-state index is 13.6. The summed E-state index contributed by atoms with van der Waals surface area (Å²) in [6.07, 6.45) is -1.20. The molecular formula is C17H22ClF3N6O2S2. The minimum atomic E-state index is -4.66.